The number of nitrogens with one attached hydrogen (secondary N) is 2. The molecule has 0 radical (unpaired) electrons. The van der Waals surface area contributed by atoms with E-state index < -0.39 is 0 Å². The lowest BCUT2D eigenvalue weighted by atomic mass is 9.90. The normalized spacial score (nSPS) is 19.8. The van der Waals surface area contributed by atoms with Crippen molar-refractivity contribution in [1.29, 1.82) is 0 Å². The van der Waals surface area contributed by atoms with Gasteiger partial charge in [-0.05, 0) is 50.4 Å². The number of benzene rings is 1. The molecular formula is C17H27ClN4O2. The highest BCUT2D eigenvalue weighted by Gasteiger charge is 2.35. The number of rotatable bonds is 4. The third-order valence-corrected chi connectivity index (χ3v) is 4.13. The first-order valence-corrected chi connectivity index (χ1v) is 8.00. The molecule has 3 amide bonds. The quantitative estimate of drug-likeness (QED) is 0.776. The number of hydrogen-bond donors (Lipinski definition) is 3. The summed E-state index contributed by atoms with van der Waals surface area (Å²) in [4.78, 5) is 26.2. The first-order chi connectivity index (χ1) is 10.8. The van der Waals surface area contributed by atoms with Crippen molar-refractivity contribution in [3.05, 3.63) is 29.8 Å². The molecule has 1 atom stereocenters. The van der Waals surface area contributed by atoms with E-state index in [9.17, 15) is 9.59 Å². The van der Waals surface area contributed by atoms with Crippen LogP contribution < -0.4 is 16.4 Å². The molecule has 6 nitrogen and oxygen atoms in total. The van der Waals surface area contributed by atoms with Crippen LogP contribution in [-0.2, 0) is 0 Å². The van der Waals surface area contributed by atoms with Crippen LogP contribution in [0.1, 0.15) is 37.6 Å². The minimum absolute atomic E-state index is 0. The fourth-order valence-corrected chi connectivity index (χ4v) is 2.71. The van der Waals surface area contributed by atoms with Gasteiger partial charge in [-0.1, -0.05) is 13.0 Å². The van der Waals surface area contributed by atoms with E-state index >= 15 is 0 Å². The molecule has 134 valence electrons. The molecule has 0 aliphatic carbocycles. The Labute approximate surface area is 149 Å². The summed E-state index contributed by atoms with van der Waals surface area (Å²) < 4.78 is 0. The van der Waals surface area contributed by atoms with Crippen molar-refractivity contribution < 1.29 is 9.59 Å². The number of carbonyl (C=O) groups is 2. The maximum atomic E-state index is 12.6. The van der Waals surface area contributed by atoms with Crippen LogP contribution in [0.25, 0.3) is 0 Å². The fourth-order valence-electron chi connectivity index (χ4n) is 2.71. The van der Waals surface area contributed by atoms with Crippen molar-refractivity contribution in [2.45, 2.75) is 33.2 Å². The molecule has 1 aliphatic heterocycles. The smallest absolute Gasteiger partial charge is 0.319 e. The van der Waals surface area contributed by atoms with Gasteiger partial charge in [-0.3, -0.25) is 4.79 Å². The zero-order valence-electron chi connectivity index (χ0n) is 14.5. The van der Waals surface area contributed by atoms with Gasteiger partial charge in [0.2, 0.25) is 0 Å². The third kappa shape index (κ3) is 5.11. The van der Waals surface area contributed by atoms with E-state index in [4.69, 9.17) is 5.73 Å². The summed E-state index contributed by atoms with van der Waals surface area (Å²) in [5.41, 5.74) is 6.98. The van der Waals surface area contributed by atoms with Crippen LogP contribution in [0.15, 0.2) is 24.3 Å². The van der Waals surface area contributed by atoms with E-state index in [-0.39, 0.29) is 35.8 Å². The van der Waals surface area contributed by atoms with Gasteiger partial charge in [-0.2, -0.15) is 0 Å². The lowest BCUT2D eigenvalue weighted by molar-refractivity contribution is 0.0777. The van der Waals surface area contributed by atoms with E-state index in [0.29, 0.717) is 24.3 Å². The summed E-state index contributed by atoms with van der Waals surface area (Å²) >= 11 is 0. The molecule has 1 heterocycles. The highest BCUT2D eigenvalue weighted by atomic mass is 35.5. The van der Waals surface area contributed by atoms with Gasteiger partial charge in [0.05, 0.1) is 0 Å². The minimum atomic E-state index is -0.276. The second-order valence-electron chi connectivity index (χ2n) is 6.83. The van der Waals surface area contributed by atoms with Gasteiger partial charge in [0.1, 0.15) is 0 Å². The van der Waals surface area contributed by atoms with Gasteiger partial charge >= 0.3 is 6.03 Å². The van der Waals surface area contributed by atoms with Crippen molar-refractivity contribution >= 4 is 30.0 Å². The first kappa shape index (κ1) is 20.3. The van der Waals surface area contributed by atoms with Crippen LogP contribution in [0.5, 0.6) is 0 Å². The van der Waals surface area contributed by atoms with Crippen LogP contribution in [0, 0.1) is 5.41 Å². The summed E-state index contributed by atoms with van der Waals surface area (Å²) in [7, 11) is 0. The summed E-state index contributed by atoms with van der Waals surface area (Å²) in [6, 6.07) is 6.80. The topological polar surface area (TPSA) is 87.5 Å². The van der Waals surface area contributed by atoms with Gasteiger partial charge in [0.15, 0.2) is 0 Å². The van der Waals surface area contributed by atoms with E-state index in [1.54, 1.807) is 24.3 Å². The van der Waals surface area contributed by atoms with Crippen LogP contribution >= 0.6 is 12.4 Å². The molecule has 0 aromatic heterocycles. The van der Waals surface area contributed by atoms with Gasteiger partial charge < -0.3 is 21.3 Å². The van der Waals surface area contributed by atoms with Crippen molar-refractivity contribution in [1.82, 2.24) is 10.2 Å². The molecule has 24 heavy (non-hydrogen) atoms. The fraction of sp³-hybridized carbons (Fsp3) is 0.529. The van der Waals surface area contributed by atoms with Gasteiger partial charge in [0, 0.05) is 30.4 Å². The molecule has 0 saturated carbocycles. The van der Waals surface area contributed by atoms with Crippen molar-refractivity contribution in [2.75, 3.05) is 25.0 Å². The number of nitrogens with zero attached hydrogens (tertiary/aromatic N) is 1. The summed E-state index contributed by atoms with van der Waals surface area (Å²) in [6.07, 6.45) is 0.921. The second kappa shape index (κ2) is 8.35. The van der Waals surface area contributed by atoms with E-state index in [1.165, 1.54) is 0 Å². The summed E-state index contributed by atoms with van der Waals surface area (Å²) in [5.74, 6) is -0.0184. The van der Waals surface area contributed by atoms with E-state index in [2.05, 4.69) is 17.6 Å². The number of urea groups is 1. The predicted molar refractivity (Wildman–Crippen MR) is 98.7 cm³/mol. The Bertz CT molecular complexity index is 594. The maximum Gasteiger partial charge on any atom is 0.319 e. The highest BCUT2D eigenvalue weighted by molar-refractivity contribution is 5.97. The molecule has 1 aliphatic rings. The monoisotopic (exact) mass is 354 g/mol. The van der Waals surface area contributed by atoms with Gasteiger partial charge in [-0.25, -0.2) is 4.79 Å². The molecule has 1 aromatic carbocycles. The Hall–Kier alpha value is -1.79. The molecule has 7 heteroatoms. The molecule has 2 rings (SSSR count). The van der Waals surface area contributed by atoms with Gasteiger partial charge in [-0.15, -0.1) is 12.4 Å². The standard InChI is InChI=1S/C17H26N4O2.ClH/c1-12(2)19-16(23)20-14-6-4-5-13(9-14)15(22)21-8-7-17(3,10-18)11-21;/h4-6,9,12H,7-8,10-11,18H2,1-3H3,(H2,19,20,23);1H. The van der Waals surface area contributed by atoms with Crippen molar-refractivity contribution in [3.8, 4) is 0 Å². The van der Waals surface area contributed by atoms with Crippen LogP contribution in [-0.4, -0.2) is 42.5 Å². The molecule has 0 bridgehead atoms. The number of nitrogens with two attached hydrogens (primary N) is 1. The molecule has 1 fully saturated rings. The Morgan fingerprint density at radius 2 is 2.08 bits per heavy atom. The van der Waals surface area contributed by atoms with Crippen molar-refractivity contribution in [2.24, 2.45) is 11.1 Å². The minimum Gasteiger partial charge on any atom is -0.338 e. The number of carbonyl (C=O) groups excluding carboxylic acids is 2. The number of amides is 3. The number of halogens is 1. The predicted octanol–water partition coefficient (Wildman–Crippen LogP) is 2.45. The zero-order chi connectivity index (χ0) is 17.0. The Balaban J connectivity index is 0.00000288. The Kier molecular flexibility index (Phi) is 7.05. The lowest BCUT2D eigenvalue weighted by Crippen LogP contribution is -2.35. The maximum absolute atomic E-state index is 12.6. The van der Waals surface area contributed by atoms with Gasteiger partial charge in [0.25, 0.3) is 5.91 Å². The van der Waals surface area contributed by atoms with E-state index in [1.807, 2.05) is 18.7 Å². The first-order valence-electron chi connectivity index (χ1n) is 8.00. The highest BCUT2D eigenvalue weighted by Crippen LogP contribution is 2.29. The third-order valence-electron chi connectivity index (χ3n) is 4.13. The molecule has 0 spiro atoms. The van der Waals surface area contributed by atoms with Crippen LogP contribution in [0.3, 0.4) is 0 Å². The molecule has 1 saturated heterocycles. The average molecular weight is 355 g/mol. The Morgan fingerprint density at radius 3 is 2.67 bits per heavy atom. The van der Waals surface area contributed by atoms with Crippen LogP contribution in [0.2, 0.25) is 0 Å². The average Bonchev–Trinajstić information content (AvgIpc) is 2.89. The van der Waals surface area contributed by atoms with Crippen LogP contribution in [0.4, 0.5) is 10.5 Å². The molecule has 4 N–H and O–H groups in total. The zero-order valence-corrected chi connectivity index (χ0v) is 15.3. The second-order valence-corrected chi connectivity index (χ2v) is 6.83. The van der Waals surface area contributed by atoms with Crippen molar-refractivity contribution in [3.63, 3.8) is 0 Å². The summed E-state index contributed by atoms with van der Waals surface area (Å²) in [6.45, 7) is 7.86. The largest absolute Gasteiger partial charge is 0.338 e. The lowest BCUT2D eigenvalue weighted by Gasteiger charge is -2.22. The number of anilines is 1. The molecular weight excluding hydrogens is 328 g/mol. The Morgan fingerprint density at radius 1 is 1.38 bits per heavy atom. The summed E-state index contributed by atoms with van der Waals surface area (Å²) in [5, 5.41) is 5.50. The molecule has 1 unspecified atom stereocenters. The number of hydrogen-bond acceptors (Lipinski definition) is 3. The SMILES string of the molecule is CC(C)NC(=O)Nc1cccc(C(=O)N2CCC(C)(CN)C2)c1.Cl. The number of likely N-dealkylation sites (tertiary alicyclic amines) is 1. The molecule has 1 aromatic rings. The van der Waals surface area contributed by atoms with E-state index in [0.717, 1.165) is 13.0 Å².